The van der Waals surface area contributed by atoms with Gasteiger partial charge in [0.2, 0.25) is 5.95 Å². The number of imidazole rings is 1. The number of aromatic nitrogens is 2. The average Bonchev–Trinajstić information content (AvgIpc) is 2.46. The van der Waals surface area contributed by atoms with E-state index in [9.17, 15) is 0 Å². The van der Waals surface area contributed by atoms with Gasteiger partial charge in [0.1, 0.15) is 10.3 Å². The van der Waals surface area contributed by atoms with Gasteiger partial charge in [-0.3, -0.25) is 0 Å². The molecule has 0 atom stereocenters. The van der Waals surface area contributed by atoms with Crippen molar-refractivity contribution in [3.05, 3.63) is 33.9 Å². The molecule has 0 fully saturated rings. The Labute approximate surface area is 103 Å². The van der Waals surface area contributed by atoms with Gasteiger partial charge in [-0.15, -0.1) is 0 Å². The Morgan fingerprint density at radius 2 is 2.00 bits per heavy atom. The molecule has 84 valence electrons. The first-order valence-corrected chi connectivity index (χ1v) is 5.85. The van der Waals surface area contributed by atoms with Crippen LogP contribution in [0.3, 0.4) is 0 Å². The summed E-state index contributed by atoms with van der Waals surface area (Å²) in [5.74, 6) is 0.516. The van der Waals surface area contributed by atoms with E-state index in [2.05, 4.69) is 53.0 Å². The Balaban J connectivity index is 2.63. The number of anilines is 1. The van der Waals surface area contributed by atoms with Gasteiger partial charge < -0.3 is 10.3 Å². The minimum absolute atomic E-state index is 0.516. The van der Waals surface area contributed by atoms with Gasteiger partial charge in [-0.2, -0.15) is 0 Å². The summed E-state index contributed by atoms with van der Waals surface area (Å²) < 4.78 is 2.74. The van der Waals surface area contributed by atoms with Crippen LogP contribution in [0, 0.1) is 13.8 Å². The molecule has 0 amide bonds. The molecule has 0 saturated heterocycles. The van der Waals surface area contributed by atoms with E-state index in [4.69, 9.17) is 5.73 Å². The van der Waals surface area contributed by atoms with E-state index < -0.39 is 0 Å². The molecule has 0 aliphatic carbocycles. The van der Waals surface area contributed by atoms with Gasteiger partial charge in [0, 0.05) is 12.6 Å². The standard InChI is InChI=1S/C12H14BrN3/c1-7-4-5-9(8(2)6-7)10-11(13)16(3)12(14)15-10/h4-6H,1-3H3,(H2,14,15). The maximum absolute atomic E-state index is 5.78. The molecule has 1 aromatic carbocycles. The van der Waals surface area contributed by atoms with Gasteiger partial charge in [-0.05, 0) is 35.3 Å². The number of rotatable bonds is 1. The fourth-order valence-corrected chi connectivity index (χ4v) is 2.23. The third-order valence-electron chi connectivity index (χ3n) is 2.70. The number of hydrogen-bond donors (Lipinski definition) is 1. The fourth-order valence-electron chi connectivity index (χ4n) is 1.75. The molecule has 2 N–H and O–H groups in total. The minimum atomic E-state index is 0.516. The summed E-state index contributed by atoms with van der Waals surface area (Å²) in [5, 5.41) is 0. The van der Waals surface area contributed by atoms with Crippen molar-refractivity contribution in [3.63, 3.8) is 0 Å². The maximum Gasteiger partial charge on any atom is 0.201 e. The Hall–Kier alpha value is -1.29. The first-order chi connectivity index (χ1) is 7.50. The third kappa shape index (κ3) is 1.73. The zero-order valence-corrected chi connectivity index (χ0v) is 11.2. The van der Waals surface area contributed by atoms with Crippen LogP contribution in [-0.2, 0) is 7.05 Å². The van der Waals surface area contributed by atoms with Gasteiger partial charge in [0.05, 0.1) is 0 Å². The summed E-state index contributed by atoms with van der Waals surface area (Å²) in [4.78, 5) is 4.36. The third-order valence-corrected chi connectivity index (χ3v) is 3.60. The number of nitrogens with two attached hydrogens (primary N) is 1. The van der Waals surface area contributed by atoms with Crippen molar-refractivity contribution in [3.8, 4) is 11.3 Å². The highest BCUT2D eigenvalue weighted by atomic mass is 79.9. The zero-order chi connectivity index (χ0) is 11.9. The zero-order valence-electron chi connectivity index (χ0n) is 9.58. The van der Waals surface area contributed by atoms with Gasteiger partial charge in [0.15, 0.2) is 0 Å². The van der Waals surface area contributed by atoms with Gasteiger partial charge >= 0.3 is 0 Å². The predicted octanol–water partition coefficient (Wildman–Crippen LogP) is 3.05. The average molecular weight is 280 g/mol. The van der Waals surface area contributed by atoms with Crippen LogP contribution in [-0.4, -0.2) is 9.55 Å². The van der Waals surface area contributed by atoms with Crippen LogP contribution >= 0.6 is 15.9 Å². The molecule has 0 spiro atoms. The monoisotopic (exact) mass is 279 g/mol. The minimum Gasteiger partial charge on any atom is -0.369 e. The molecule has 1 aromatic heterocycles. The van der Waals surface area contributed by atoms with E-state index in [1.807, 2.05) is 11.6 Å². The van der Waals surface area contributed by atoms with Crippen molar-refractivity contribution in [2.24, 2.45) is 7.05 Å². The summed E-state index contributed by atoms with van der Waals surface area (Å²) in [6.07, 6.45) is 0. The first kappa shape index (κ1) is 11.2. The highest BCUT2D eigenvalue weighted by molar-refractivity contribution is 9.10. The molecular formula is C12H14BrN3. The summed E-state index contributed by atoms with van der Waals surface area (Å²) >= 11 is 3.51. The first-order valence-electron chi connectivity index (χ1n) is 5.06. The topological polar surface area (TPSA) is 43.8 Å². The van der Waals surface area contributed by atoms with Crippen molar-refractivity contribution < 1.29 is 0 Å². The van der Waals surface area contributed by atoms with Crippen LogP contribution in [0.2, 0.25) is 0 Å². The van der Waals surface area contributed by atoms with Gasteiger partial charge in [-0.25, -0.2) is 4.98 Å². The highest BCUT2D eigenvalue weighted by Gasteiger charge is 2.13. The second-order valence-corrected chi connectivity index (χ2v) is 4.74. The Morgan fingerprint density at radius 3 is 2.50 bits per heavy atom. The van der Waals surface area contributed by atoms with Crippen LogP contribution in [0.25, 0.3) is 11.3 Å². The Bertz CT molecular complexity index is 543. The lowest BCUT2D eigenvalue weighted by atomic mass is 10.0. The summed E-state index contributed by atoms with van der Waals surface area (Å²) in [7, 11) is 1.89. The van der Waals surface area contributed by atoms with E-state index >= 15 is 0 Å². The molecule has 0 aliphatic heterocycles. The lowest BCUT2D eigenvalue weighted by molar-refractivity contribution is 0.907. The lowest BCUT2D eigenvalue weighted by Gasteiger charge is -2.04. The summed E-state index contributed by atoms with van der Waals surface area (Å²) in [6.45, 7) is 4.16. The molecule has 3 nitrogen and oxygen atoms in total. The van der Waals surface area contributed by atoms with Crippen LogP contribution in [0.1, 0.15) is 11.1 Å². The second-order valence-electron chi connectivity index (χ2n) is 3.99. The van der Waals surface area contributed by atoms with Crippen molar-refractivity contribution in [2.45, 2.75) is 13.8 Å². The molecule has 1 heterocycles. The molecule has 0 aliphatic rings. The van der Waals surface area contributed by atoms with E-state index in [0.717, 1.165) is 15.9 Å². The van der Waals surface area contributed by atoms with E-state index in [1.54, 1.807) is 0 Å². The van der Waals surface area contributed by atoms with E-state index in [0.29, 0.717) is 5.95 Å². The van der Waals surface area contributed by atoms with Crippen LogP contribution < -0.4 is 5.73 Å². The summed E-state index contributed by atoms with van der Waals surface area (Å²) in [5.41, 5.74) is 10.3. The van der Waals surface area contributed by atoms with Crippen LogP contribution in [0.4, 0.5) is 5.95 Å². The van der Waals surface area contributed by atoms with E-state index in [-0.39, 0.29) is 0 Å². The SMILES string of the molecule is Cc1ccc(-c2nc(N)n(C)c2Br)c(C)c1. The number of nitrogen functional groups attached to an aromatic ring is 1. The Morgan fingerprint density at radius 1 is 1.31 bits per heavy atom. The van der Waals surface area contributed by atoms with Crippen molar-refractivity contribution in [1.82, 2.24) is 9.55 Å². The maximum atomic E-state index is 5.78. The van der Waals surface area contributed by atoms with Crippen molar-refractivity contribution >= 4 is 21.9 Å². The van der Waals surface area contributed by atoms with Crippen LogP contribution in [0.15, 0.2) is 22.8 Å². The molecule has 2 rings (SSSR count). The molecule has 2 aromatic rings. The number of halogens is 1. The van der Waals surface area contributed by atoms with Gasteiger partial charge in [-0.1, -0.05) is 23.8 Å². The van der Waals surface area contributed by atoms with Crippen LogP contribution in [0.5, 0.6) is 0 Å². The predicted molar refractivity (Wildman–Crippen MR) is 70.2 cm³/mol. The fraction of sp³-hybridized carbons (Fsp3) is 0.250. The largest absolute Gasteiger partial charge is 0.369 e. The quantitative estimate of drug-likeness (QED) is 0.872. The number of benzene rings is 1. The smallest absolute Gasteiger partial charge is 0.201 e. The molecule has 0 unspecified atom stereocenters. The molecule has 16 heavy (non-hydrogen) atoms. The molecule has 0 radical (unpaired) electrons. The summed E-state index contributed by atoms with van der Waals surface area (Å²) in [6, 6.07) is 6.31. The molecule has 0 saturated carbocycles. The number of aryl methyl sites for hydroxylation is 2. The second kappa shape index (κ2) is 3.94. The highest BCUT2D eigenvalue weighted by Crippen LogP contribution is 2.31. The van der Waals surface area contributed by atoms with Crippen molar-refractivity contribution in [1.29, 1.82) is 0 Å². The normalized spacial score (nSPS) is 10.8. The van der Waals surface area contributed by atoms with E-state index in [1.165, 1.54) is 11.1 Å². The number of nitrogens with zero attached hydrogens (tertiary/aromatic N) is 2. The lowest BCUT2D eigenvalue weighted by Crippen LogP contribution is -1.96. The molecule has 4 heteroatoms. The Kier molecular flexibility index (Phi) is 2.76. The van der Waals surface area contributed by atoms with Gasteiger partial charge in [0.25, 0.3) is 0 Å². The molecule has 0 bridgehead atoms. The number of hydrogen-bond acceptors (Lipinski definition) is 2. The molecular weight excluding hydrogens is 266 g/mol. The van der Waals surface area contributed by atoms with Crippen molar-refractivity contribution in [2.75, 3.05) is 5.73 Å².